The van der Waals surface area contributed by atoms with Crippen LogP contribution in [-0.2, 0) is 12.8 Å². The van der Waals surface area contributed by atoms with Gasteiger partial charge >= 0.3 is 0 Å². The molecule has 0 aliphatic carbocycles. The van der Waals surface area contributed by atoms with Crippen LogP contribution >= 0.6 is 0 Å². The van der Waals surface area contributed by atoms with Crippen molar-refractivity contribution in [3.05, 3.63) is 11.7 Å². The van der Waals surface area contributed by atoms with Crippen LogP contribution in [0.2, 0.25) is 0 Å². The molecule has 2 heterocycles. The molecule has 1 aromatic rings. The molecule has 0 aromatic carbocycles. The first-order chi connectivity index (χ1) is 6.88. The van der Waals surface area contributed by atoms with E-state index in [1.54, 1.807) is 0 Å². The van der Waals surface area contributed by atoms with Crippen molar-refractivity contribution in [2.75, 3.05) is 13.2 Å². The number of nitrogens with one attached hydrogen (secondary N) is 1. The molecule has 1 saturated heterocycles. The maximum atomic E-state index is 8.67. The standard InChI is InChI=1S/C9H15N3O2/c13-5-3-9-11-8(12-14-9)6-7-2-1-4-10-7/h7,10,13H,1-6H2. The molecule has 2 N–H and O–H groups in total. The molecule has 1 aliphatic heterocycles. The van der Waals surface area contributed by atoms with E-state index in [1.807, 2.05) is 0 Å². The molecule has 0 saturated carbocycles. The Morgan fingerprint density at radius 3 is 3.21 bits per heavy atom. The summed E-state index contributed by atoms with van der Waals surface area (Å²) in [5, 5.41) is 15.9. The molecule has 1 aliphatic rings. The third-order valence-corrected chi connectivity index (χ3v) is 2.43. The molecule has 1 atom stereocenters. The van der Waals surface area contributed by atoms with Crippen molar-refractivity contribution in [2.24, 2.45) is 0 Å². The third kappa shape index (κ3) is 2.30. The van der Waals surface area contributed by atoms with E-state index in [0.717, 1.165) is 18.8 Å². The lowest BCUT2D eigenvalue weighted by molar-refractivity contribution is 0.273. The van der Waals surface area contributed by atoms with Gasteiger partial charge in [-0.05, 0) is 19.4 Å². The Hall–Kier alpha value is -0.940. The molecule has 1 fully saturated rings. The second-order valence-corrected chi connectivity index (χ2v) is 3.58. The van der Waals surface area contributed by atoms with Gasteiger partial charge in [-0.25, -0.2) is 0 Å². The maximum Gasteiger partial charge on any atom is 0.228 e. The van der Waals surface area contributed by atoms with Crippen LogP contribution in [0.25, 0.3) is 0 Å². The van der Waals surface area contributed by atoms with Crippen molar-refractivity contribution in [3.8, 4) is 0 Å². The first-order valence-electron chi connectivity index (χ1n) is 5.04. The van der Waals surface area contributed by atoms with Crippen molar-refractivity contribution in [2.45, 2.75) is 31.7 Å². The Morgan fingerprint density at radius 1 is 1.57 bits per heavy atom. The number of aliphatic hydroxyl groups excluding tert-OH is 1. The fraction of sp³-hybridized carbons (Fsp3) is 0.778. The average Bonchev–Trinajstić information content (AvgIpc) is 2.79. The van der Waals surface area contributed by atoms with Crippen molar-refractivity contribution in [3.63, 3.8) is 0 Å². The van der Waals surface area contributed by atoms with E-state index in [-0.39, 0.29) is 6.61 Å². The van der Waals surface area contributed by atoms with Crippen molar-refractivity contribution in [1.29, 1.82) is 0 Å². The normalized spacial score (nSPS) is 21.6. The van der Waals surface area contributed by atoms with Crippen LogP contribution in [0.15, 0.2) is 4.52 Å². The summed E-state index contributed by atoms with van der Waals surface area (Å²) in [6.45, 7) is 1.15. The second-order valence-electron chi connectivity index (χ2n) is 3.58. The van der Waals surface area contributed by atoms with E-state index in [4.69, 9.17) is 9.63 Å². The summed E-state index contributed by atoms with van der Waals surface area (Å²) in [6.07, 6.45) is 3.69. The van der Waals surface area contributed by atoms with Gasteiger partial charge < -0.3 is 14.9 Å². The lowest BCUT2D eigenvalue weighted by Gasteiger charge is -2.04. The fourth-order valence-electron chi connectivity index (χ4n) is 1.72. The number of aliphatic hydroxyl groups is 1. The van der Waals surface area contributed by atoms with E-state index in [1.165, 1.54) is 12.8 Å². The summed E-state index contributed by atoms with van der Waals surface area (Å²) in [7, 11) is 0. The SMILES string of the molecule is OCCc1nc(CC2CCCN2)no1. The van der Waals surface area contributed by atoms with Crippen LogP contribution in [0.4, 0.5) is 0 Å². The highest BCUT2D eigenvalue weighted by Gasteiger charge is 2.17. The van der Waals surface area contributed by atoms with Crippen LogP contribution in [0, 0.1) is 0 Å². The molecular formula is C9H15N3O2. The Morgan fingerprint density at radius 2 is 2.50 bits per heavy atom. The van der Waals surface area contributed by atoms with E-state index >= 15 is 0 Å². The van der Waals surface area contributed by atoms with E-state index in [0.29, 0.717) is 18.4 Å². The first-order valence-corrected chi connectivity index (χ1v) is 5.04. The van der Waals surface area contributed by atoms with Crippen LogP contribution in [0.1, 0.15) is 24.6 Å². The number of aromatic nitrogens is 2. The van der Waals surface area contributed by atoms with E-state index < -0.39 is 0 Å². The van der Waals surface area contributed by atoms with Gasteiger partial charge in [0, 0.05) is 12.5 Å². The first kappa shape index (κ1) is 9.61. The van der Waals surface area contributed by atoms with Gasteiger partial charge in [-0.3, -0.25) is 0 Å². The minimum atomic E-state index is 0.0588. The van der Waals surface area contributed by atoms with Crippen LogP contribution < -0.4 is 5.32 Å². The molecule has 0 radical (unpaired) electrons. The predicted molar refractivity (Wildman–Crippen MR) is 49.8 cm³/mol. The molecule has 0 bridgehead atoms. The van der Waals surface area contributed by atoms with Gasteiger partial charge in [-0.2, -0.15) is 4.98 Å². The predicted octanol–water partition coefficient (Wildman–Crippen LogP) is -0.101. The number of rotatable bonds is 4. The molecule has 1 unspecified atom stereocenters. The summed E-state index contributed by atoms with van der Waals surface area (Å²) in [6, 6.07) is 0.495. The summed E-state index contributed by atoms with van der Waals surface area (Å²) in [4.78, 5) is 4.19. The van der Waals surface area contributed by atoms with Gasteiger partial charge in [-0.1, -0.05) is 5.16 Å². The number of hydrogen-bond acceptors (Lipinski definition) is 5. The molecule has 14 heavy (non-hydrogen) atoms. The smallest absolute Gasteiger partial charge is 0.228 e. The van der Waals surface area contributed by atoms with Gasteiger partial charge in [0.25, 0.3) is 0 Å². The molecule has 1 aromatic heterocycles. The third-order valence-electron chi connectivity index (χ3n) is 2.43. The minimum Gasteiger partial charge on any atom is -0.396 e. The monoisotopic (exact) mass is 197 g/mol. The van der Waals surface area contributed by atoms with Gasteiger partial charge in [0.2, 0.25) is 5.89 Å². The Kier molecular flexibility index (Phi) is 3.10. The van der Waals surface area contributed by atoms with Crippen LogP contribution in [0.3, 0.4) is 0 Å². The summed E-state index contributed by atoms with van der Waals surface area (Å²) in [5.41, 5.74) is 0. The zero-order chi connectivity index (χ0) is 9.80. The molecule has 0 amide bonds. The molecular weight excluding hydrogens is 182 g/mol. The van der Waals surface area contributed by atoms with Gasteiger partial charge in [0.05, 0.1) is 13.0 Å². The van der Waals surface area contributed by atoms with Gasteiger partial charge in [-0.15, -0.1) is 0 Å². The Labute approximate surface area is 82.5 Å². The summed E-state index contributed by atoms with van der Waals surface area (Å²) >= 11 is 0. The maximum absolute atomic E-state index is 8.67. The Balaban J connectivity index is 1.88. The quantitative estimate of drug-likeness (QED) is 0.705. The highest BCUT2D eigenvalue weighted by Crippen LogP contribution is 2.10. The summed E-state index contributed by atoms with van der Waals surface area (Å²) in [5.74, 6) is 1.27. The summed E-state index contributed by atoms with van der Waals surface area (Å²) < 4.78 is 4.97. The minimum absolute atomic E-state index is 0.0588. The Bertz CT molecular complexity index is 281. The van der Waals surface area contributed by atoms with Crippen molar-refractivity contribution < 1.29 is 9.63 Å². The largest absolute Gasteiger partial charge is 0.396 e. The molecule has 2 rings (SSSR count). The zero-order valence-corrected chi connectivity index (χ0v) is 8.07. The van der Waals surface area contributed by atoms with Crippen molar-refractivity contribution >= 4 is 0 Å². The topological polar surface area (TPSA) is 71.2 Å². The fourth-order valence-corrected chi connectivity index (χ4v) is 1.72. The molecule has 0 spiro atoms. The molecule has 78 valence electrons. The second kappa shape index (κ2) is 4.52. The lowest BCUT2D eigenvalue weighted by atomic mass is 10.1. The van der Waals surface area contributed by atoms with Gasteiger partial charge in [0.15, 0.2) is 5.82 Å². The van der Waals surface area contributed by atoms with E-state index in [9.17, 15) is 0 Å². The van der Waals surface area contributed by atoms with Crippen LogP contribution in [0.5, 0.6) is 0 Å². The van der Waals surface area contributed by atoms with E-state index in [2.05, 4.69) is 15.5 Å². The number of hydrogen-bond donors (Lipinski definition) is 2. The number of nitrogens with zero attached hydrogens (tertiary/aromatic N) is 2. The average molecular weight is 197 g/mol. The highest BCUT2D eigenvalue weighted by molar-refractivity contribution is 4.92. The molecule has 5 nitrogen and oxygen atoms in total. The zero-order valence-electron chi connectivity index (χ0n) is 8.07. The van der Waals surface area contributed by atoms with Gasteiger partial charge in [0.1, 0.15) is 0 Å². The van der Waals surface area contributed by atoms with Crippen LogP contribution in [-0.4, -0.2) is 34.4 Å². The highest BCUT2D eigenvalue weighted by atomic mass is 16.5. The lowest BCUT2D eigenvalue weighted by Crippen LogP contribution is -2.24. The van der Waals surface area contributed by atoms with Crippen molar-refractivity contribution in [1.82, 2.24) is 15.5 Å². The molecule has 5 heteroatoms.